The second-order valence-corrected chi connectivity index (χ2v) is 4.18. The molecule has 0 unspecified atom stereocenters. The third-order valence-electron chi connectivity index (χ3n) is 1.55. The van der Waals surface area contributed by atoms with Gasteiger partial charge in [-0.25, -0.2) is 0 Å². The highest BCUT2D eigenvalue weighted by atomic mass is 79.9. The quantitative estimate of drug-likeness (QED) is 0.611. The first-order valence-corrected chi connectivity index (χ1v) is 5.63. The third-order valence-corrected chi connectivity index (χ3v) is 2.89. The average molecular weight is 293 g/mol. The lowest BCUT2D eigenvalue weighted by molar-refractivity contribution is 0.390. The van der Waals surface area contributed by atoms with E-state index in [-0.39, 0.29) is 0 Å². The second-order valence-electron chi connectivity index (χ2n) is 2.76. The Hall–Kier alpha value is 0.140. The van der Waals surface area contributed by atoms with Crippen LogP contribution in [0.2, 0.25) is 0 Å². The summed E-state index contributed by atoms with van der Waals surface area (Å²) in [6, 6.07) is 8.36. The van der Waals surface area contributed by atoms with E-state index in [9.17, 15) is 0 Å². The maximum absolute atomic E-state index is 3.44. The van der Waals surface area contributed by atoms with Crippen LogP contribution in [0.5, 0.6) is 0 Å². The molecule has 1 nitrogen and oxygen atoms in total. The molecule has 0 aliphatic rings. The zero-order valence-corrected chi connectivity index (χ0v) is 10.1. The highest BCUT2D eigenvalue weighted by Gasteiger charge is 1.97. The summed E-state index contributed by atoms with van der Waals surface area (Å²) in [5, 5.41) is 0. The minimum absolute atomic E-state index is 0.902. The predicted octanol–water partition coefficient (Wildman–Crippen LogP) is 3.23. The van der Waals surface area contributed by atoms with Crippen LogP contribution < -0.4 is 0 Å². The zero-order chi connectivity index (χ0) is 8.97. The Balaban J connectivity index is 2.63. The summed E-state index contributed by atoms with van der Waals surface area (Å²) in [5.41, 5.74) is 2.23. The van der Waals surface area contributed by atoms with Gasteiger partial charge in [0.05, 0.1) is 5.45 Å². The lowest BCUT2D eigenvalue weighted by Crippen LogP contribution is -2.14. The summed E-state index contributed by atoms with van der Waals surface area (Å²) < 4.78 is 1.14. The molecule has 0 fully saturated rings. The molecule has 3 heteroatoms. The van der Waals surface area contributed by atoms with Gasteiger partial charge in [0, 0.05) is 11.0 Å². The van der Waals surface area contributed by atoms with Crippen LogP contribution in [0, 0.1) is 0 Å². The Morgan fingerprint density at radius 2 is 2.17 bits per heavy atom. The van der Waals surface area contributed by atoms with Crippen molar-refractivity contribution < 1.29 is 0 Å². The molecule has 0 radical (unpaired) electrons. The fourth-order valence-electron chi connectivity index (χ4n) is 0.989. The molecule has 0 aliphatic heterocycles. The van der Waals surface area contributed by atoms with Crippen molar-refractivity contribution in [3.63, 3.8) is 0 Å². The van der Waals surface area contributed by atoms with E-state index < -0.39 is 0 Å². The monoisotopic (exact) mass is 291 g/mol. The molecule has 1 aromatic carbocycles. The first-order chi connectivity index (χ1) is 5.72. The van der Waals surface area contributed by atoms with E-state index in [4.69, 9.17) is 0 Å². The Bertz CT molecular complexity index is 250. The number of hydrogen-bond donors (Lipinski definition) is 0. The van der Waals surface area contributed by atoms with Gasteiger partial charge in [0.2, 0.25) is 0 Å². The van der Waals surface area contributed by atoms with E-state index in [0.29, 0.717) is 0 Å². The third kappa shape index (κ3) is 3.25. The molecule has 0 bridgehead atoms. The zero-order valence-electron chi connectivity index (χ0n) is 6.93. The molecular formula is C9H11Br2N. The van der Waals surface area contributed by atoms with Gasteiger partial charge in [-0.05, 0) is 24.7 Å². The van der Waals surface area contributed by atoms with Crippen LogP contribution in [0.25, 0.3) is 0 Å². The summed E-state index contributed by atoms with van der Waals surface area (Å²) in [4.78, 5) is 2.20. The normalized spacial score (nSPS) is 10.7. The predicted molar refractivity (Wildman–Crippen MR) is 59.4 cm³/mol. The first kappa shape index (κ1) is 10.2. The lowest BCUT2D eigenvalue weighted by Gasteiger charge is -2.12. The van der Waals surface area contributed by atoms with Gasteiger partial charge in [-0.2, -0.15) is 0 Å². The number of benzene rings is 1. The van der Waals surface area contributed by atoms with Crippen LogP contribution in [0.1, 0.15) is 5.56 Å². The maximum Gasteiger partial charge on any atom is 0.0542 e. The van der Waals surface area contributed by atoms with E-state index in [0.717, 1.165) is 16.5 Å². The largest absolute Gasteiger partial charge is 0.292 e. The molecular weight excluding hydrogens is 282 g/mol. The van der Waals surface area contributed by atoms with Crippen molar-refractivity contribution in [2.45, 2.75) is 6.54 Å². The van der Waals surface area contributed by atoms with E-state index in [1.54, 1.807) is 0 Å². The summed E-state index contributed by atoms with van der Waals surface area (Å²) >= 11 is 6.85. The molecule has 0 N–H and O–H groups in total. The SMILES string of the molecule is CN(CBr)Cc1cccc(Br)c1. The first-order valence-electron chi connectivity index (χ1n) is 3.71. The average Bonchev–Trinajstić information content (AvgIpc) is 2.04. The smallest absolute Gasteiger partial charge is 0.0542 e. The highest BCUT2D eigenvalue weighted by Crippen LogP contribution is 2.12. The Labute approximate surface area is 90.0 Å². The number of halogens is 2. The summed E-state index contributed by atoms with van der Waals surface area (Å²) in [6.07, 6.45) is 0. The number of rotatable bonds is 3. The molecule has 0 aliphatic carbocycles. The van der Waals surface area contributed by atoms with Crippen molar-refractivity contribution in [3.8, 4) is 0 Å². The summed E-state index contributed by atoms with van der Waals surface area (Å²) in [7, 11) is 2.08. The van der Waals surface area contributed by atoms with Gasteiger partial charge >= 0.3 is 0 Å². The molecule has 12 heavy (non-hydrogen) atoms. The topological polar surface area (TPSA) is 3.24 Å². The van der Waals surface area contributed by atoms with Crippen molar-refractivity contribution >= 4 is 31.9 Å². The van der Waals surface area contributed by atoms with Crippen LogP contribution >= 0.6 is 31.9 Å². The van der Waals surface area contributed by atoms with E-state index in [1.165, 1.54) is 5.56 Å². The van der Waals surface area contributed by atoms with Crippen LogP contribution in [-0.2, 0) is 6.54 Å². The van der Waals surface area contributed by atoms with Crippen LogP contribution in [-0.4, -0.2) is 17.4 Å². The van der Waals surface area contributed by atoms with Gasteiger partial charge < -0.3 is 0 Å². The van der Waals surface area contributed by atoms with Gasteiger partial charge in [0.1, 0.15) is 0 Å². The van der Waals surface area contributed by atoms with E-state index in [2.05, 4.69) is 62.0 Å². The maximum atomic E-state index is 3.44. The van der Waals surface area contributed by atoms with Gasteiger partial charge in [-0.3, -0.25) is 4.90 Å². The van der Waals surface area contributed by atoms with Gasteiger partial charge in [-0.1, -0.05) is 44.0 Å². The molecule has 1 rings (SSSR count). The van der Waals surface area contributed by atoms with Gasteiger partial charge in [0.25, 0.3) is 0 Å². The van der Waals surface area contributed by atoms with Gasteiger partial charge in [0.15, 0.2) is 0 Å². The summed E-state index contributed by atoms with van der Waals surface area (Å²) in [5.74, 6) is 0. The van der Waals surface area contributed by atoms with Crippen molar-refractivity contribution in [2.75, 3.05) is 12.5 Å². The van der Waals surface area contributed by atoms with Crippen molar-refractivity contribution in [1.29, 1.82) is 0 Å². The highest BCUT2D eigenvalue weighted by molar-refractivity contribution is 9.10. The van der Waals surface area contributed by atoms with Crippen molar-refractivity contribution in [1.82, 2.24) is 4.90 Å². The molecule has 0 spiro atoms. The van der Waals surface area contributed by atoms with E-state index in [1.807, 2.05) is 6.07 Å². The molecule has 0 amide bonds. The standard InChI is InChI=1S/C9H11Br2N/c1-12(7-10)6-8-3-2-4-9(11)5-8/h2-5H,6-7H2,1H3. The van der Waals surface area contributed by atoms with Crippen molar-refractivity contribution in [2.24, 2.45) is 0 Å². The minimum Gasteiger partial charge on any atom is -0.292 e. The molecule has 0 atom stereocenters. The van der Waals surface area contributed by atoms with Crippen LogP contribution in [0.15, 0.2) is 28.7 Å². The summed E-state index contributed by atoms with van der Waals surface area (Å²) in [6.45, 7) is 0.977. The molecule has 0 saturated heterocycles. The van der Waals surface area contributed by atoms with Crippen LogP contribution in [0.3, 0.4) is 0 Å². The fraction of sp³-hybridized carbons (Fsp3) is 0.333. The molecule has 0 saturated carbocycles. The molecule has 0 heterocycles. The molecule has 66 valence electrons. The Morgan fingerprint density at radius 1 is 1.42 bits per heavy atom. The Kier molecular flexibility index (Phi) is 4.26. The minimum atomic E-state index is 0.902. The second kappa shape index (κ2) is 5.00. The number of alkyl halides is 1. The Morgan fingerprint density at radius 3 is 2.75 bits per heavy atom. The van der Waals surface area contributed by atoms with E-state index >= 15 is 0 Å². The fourth-order valence-corrected chi connectivity index (χ4v) is 1.61. The molecule has 1 aromatic rings. The van der Waals surface area contributed by atoms with Crippen molar-refractivity contribution in [3.05, 3.63) is 34.3 Å². The molecule has 0 aromatic heterocycles. The lowest BCUT2D eigenvalue weighted by atomic mass is 10.2. The van der Waals surface area contributed by atoms with Gasteiger partial charge in [-0.15, -0.1) is 0 Å². The number of nitrogens with zero attached hydrogens (tertiary/aromatic N) is 1. The number of hydrogen-bond acceptors (Lipinski definition) is 1. The van der Waals surface area contributed by atoms with Crippen LogP contribution in [0.4, 0.5) is 0 Å².